The van der Waals surface area contributed by atoms with E-state index in [4.69, 9.17) is 0 Å². The second-order valence-electron chi connectivity index (χ2n) is 8.91. The molecule has 0 amide bonds. The Balaban J connectivity index is 2.01. The highest BCUT2D eigenvalue weighted by Crippen LogP contribution is 2.33. The van der Waals surface area contributed by atoms with Gasteiger partial charge in [0.15, 0.2) is 0 Å². The molecule has 0 aromatic heterocycles. The van der Waals surface area contributed by atoms with Crippen LogP contribution < -0.4 is 0 Å². The molecule has 0 aliphatic rings. The average molecular weight is 438 g/mol. The molecule has 0 saturated carbocycles. The molecule has 1 aromatic carbocycles. The third kappa shape index (κ3) is 11.3. The van der Waals surface area contributed by atoms with Gasteiger partial charge in [-0.1, -0.05) is 125 Å². The van der Waals surface area contributed by atoms with Gasteiger partial charge in [0.25, 0.3) is 0 Å². The summed E-state index contributed by atoms with van der Waals surface area (Å²) in [6, 6.07) is 6.81. The number of aryl methyl sites for hydroxylation is 1. The minimum atomic E-state index is 0.0720. The first-order valence-electron chi connectivity index (χ1n) is 11.7. The van der Waals surface area contributed by atoms with Gasteiger partial charge >= 0.3 is 0 Å². The van der Waals surface area contributed by atoms with Crippen molar-refractivity contribution < 1.29 is 0 Å². The molecule has 0 heterocycles. The van der Waals surface area contributed by atoms with E-state index in [2.05, 4.69) is 61.8 Å². The minimum absolute atomic E-state index is 0.0720. The van der Waals surface area contributed by atoms with Gasteiger partial charge in [-0.05, 0) is 50.3 Å². The molecule has 27 heavy (non-hydrogen) atoms. The summed E-state index contributed by atoms with van der Waals surface area (Å²) in [4.78, 5) is 0. The Morgan fingerprint density at radius 2 is 1.15 bits per heavy atom. The Morgan fingerprint density at radius 3 is 1.59 bits per heavy atom. The van der Waals surface area contributed by atoms with Crippen molar-refractivity contribution in [2.45, 2.75) is 128 Å². The molecule has 0 aliphatic heterocycles. The van der Waals surface area contributed by atoms with Crippen molar-refractivity contribution in [1.82, 2.24) is 0 Å². The second kappa shape index (κ2) is 14.7. The van der Waals surface area contributed by atoms with Gasteiger partial charge in [0.05, 0.1) is 0 Å². The third-order valence-corrected chi connectivity index (χ3v) is 6.31. The zero-order valence-corrected chi connectivity index (χ0v) is 20.3. The molecule has 0 unspecified atom stereocenters. The highest BCUT2D eigenvalue weighted by Gasteiger charge is 2.19. The van der Waals surface area contributed by atoms with Crippen LogP contribution in [-0.4, -0.2) is 0 Å². The second-order valence-corrected chi connectivity index (χ2v) is 10.9. The summed E-state index contributed by atoms with van der Waals surface area (Å²) < 4.78 is 0.0720. The van der Waals surface area contributed by atoms with Gasteiger partial charge in [0.1, 0.15) is 0 Å². The SMILES string of the molecule is CCCCCCCCCCCCCCCCc1cccc(C(C)(C)Br)c1C. The quantitative estimate of drug-likeness (QED) is 0.178. The lowest BCUT2D eigenvalue weighted by Gasteiger charge is -2.21. The molecule has 1 aromatic rings. The summed E-state index contributed by atoms with van der Waals surface area (Å²) in [5.41, 5.74) is 4.46. The molecule has 0 nitrogen and oxygen atoms in total. The van der Waals surface area contributed by atoms with Crippen molar-refractivity contribution in [3.05, 3.63) is 34.9 Å². The molecule has 0 aliphatic carbocycles. The number of hydrogen-bond acceptors (Lipinski definition) is 0. The monoisotopic (exact) mass is 436 g/mol. The van der Waals surface area contributed by atoms with Crippen LogP contribution in [0.15, 0.2) is 18.2 Å². The van der Waals surface area contributed by atoms with Crippen molar-refractivity contribution in [3.8, 4) is 0 Å². The molecular weight excluding hydrogens is 392 g/mol. The molecule has 0 bridgehead atoms. The molecule has 1 heteroatoms. The molecule has 156 valence electrons. The summed E-state index contributed by atoms with van der Waals surface area (Å²) in [6.07, 6.45) is 21.3. The first-order valence-corrected chi connectivity index (χ1v) is 12.5. The molecule has 0 atom stereocenters. The van der Waals surface area contributed by atoms with Gasteiger partial charge in [-0.2, -0.15) is 0 Å². The Morgan fingerprint density at radius 1 is 0.704 bits per heavy atom. The number of rotatable bonds is 16. The van der Waals surface area contributed by atoms with Gasteiger partial charge in [0, 0.05) is 4.32 Å². The predicted molar refractivity (Wildman–Crippen MR) is 127 cm³/mol. The van der Waals surface area contributed by atoms with Crippen LogP contribution in [0, 0.1) is 6.92 Å². The fourth-order valence-corrected chi connectivity index (χ4v) is 4.54. The normalized spacial score (nSPS) is 11.9. The van der Waals surface area contributed by atoms with Crippen molar-refractivity contribution in [2.24, 2.45) is 0 Å². The Kier molecular flexibility index (Phi) is 13.4. The topological polar surface area (TPSA) is 0 Å². The van der Waals surface area contributed by atoms with Crippen LogP contribution in [0.25, 0.3) is 0 Å². The number of halogens is 1. The Bertz CT molecular complexity index is 483. The van der Waals surface area contributed by atoms with Crippen LogP contribution in [0.2, 0.25) is 0 Å². The summed E-state index contributed by atoms with van der Waals surface area (Å²) in [7, 11) is 0. The van der Waals surface area contributed by atoms with E-state index < -0.39 is 0 Å². The van der Waals surface area contributed by atoms with E-state index in [0.717, 1.165) is 0 Å². The Hall–Kier alpha value is -0.300. The van der Waals surface area contributed by atoms with E-state index in [1.165, 1.54) is 107 Å². The molecule has 1 rings (SSSR count). The van der Waals surface area contributed by atoms with Gasteiger partial charge in [-0.3, -0.25) is 0 Å². The third-order valence-electron chi connectivity index (χ3n) is 5.89. The molecule has 0 spiro atoms. The van der Waals surface area contributed by atoms with Crippen molar-refractivity contribution in [1.29, 1.82) is 0 Å². The number of benzene rings is 1. The molecule has 0 fully saturated rings. The number of hydrogen-bond donors (Lipinski definition) is 0. The zero-order valence-electron chi connectivity index (χ0n) is 18.7. The Labute approximate surface area is 179 Å². The fraction of sp³-hybridized carbons (Fsp3) is 0.769. The minimum Gasteiger partial charge on any atom is -0.0807 e. The van der Waals surface area contributed by atoms with E-state index in [-0.39, 0.29) is 4.32 Å². The van der Waals surface area contributed by atoms with Crippen LogP contribution in [0.3, 0.4) is 0 Å². The number of unbranched alkanes of at least 4 members (excludes halogenated alkanes) is 13. The lowest BCUT2D eigenvalue weighted by molar-refractivity contribution is 0.535. The van der Waals surface area contributed by atoms with Crippen LogP contribution in [0.5, 0.6) is 0 Å². The predicted octanol–water partition coefficient (Wildman–Crippen LogP) is 9.65. The van der Waals surface area contributed by atoms with Gasteiger partial charge in [0.2, 0.25) is 0 Å². The van der Waals surface area contributed by atoms with Gasteiger partial charge in [-0.15, -0.1) is 0 Å². The number of alkyl halides is 1. The highest BCUT2D eigenvalue weighted by atomic mass is 79.9. The van der Waals surface area contributed by atoms with Gasteiger partial charge in [-0.25, -0.2) is 0 Å². The van der Waals surface area contributed by atoms with E-state index in [1.807, 2.05) is 0 Å². The first-order chi connectivity index (χ1) is 13.0. The van der Waals surface area contributed by atoms with Crippen molar-refractivity contribution in [2.75, 3.05) is 0 Å². The van der Waals surface area contributed by atoms with Crippen LogP contribution in [-0.2, 0) is 10.7 Å². The van der Waals surface area contributed by atoms with Crippen LogP contribution >= 0.6 is 15.9 Å². The summed E-state index contributed by atoms with van der Waals surface area (Å²) in [5.74, 6) is 0. The van der Waals surface area contributed by atoms with Crippen LogP contribution in [0.4, 0.5) is 0 Å². The standard InChI is InChI=1S/C26H45Br/c1-5-6-7-8-9-10-11-12-13-14-15-16-17-18-20-24-21-19-22-25(23(24)2)26(3,4)27/h19,21-22H,5-18,20H2,1-4H3. The van der Waals surface area contributed by atoms with E-state index in [0.29, 0.717) is 0 Å². The van der Waals surface area contributed by atoms with Gasteiger partial charge < -0.3 is 0 Å². The first kappa shape index (κ1) is 24.7. The lowest BCUT2D eigenvalue weighted by Crippen LogP contribution is -2.10. The fourth-order valence-electron chi connectivity index (χ4n) is 4.11. The largest absolute Gasteiger partial charge is 0.0807 e. The van der Waals surface area contributed by atoms with E-state index in [1.54, 1.807) is 5.56 Å². The smallest absolute Gasteiger partial charge is 0.0452 e. The average Bonchev–Trinajstić information content (AvgIpc) is 2.62. The summed E-state index contributed by atoms with van der Waals surface area (Å²) in [5, 5.41) is 0. The summed E-state index contributed by atoms with van der Waals surface area (Å²) >= 11 is 3.82. The summed E-state index contributed by atoms with van der Waals surface area (Å²) in [6.45, 7) is 9.07. The highest BCUT2D eigenvalue weighted by molar-refractivity contribution is 9.09. The maximum atomic E-state index is 3.82. The van der Waals surface area contributed by atoms with Crippen molar-refractivity contribution in [3.63, 3.8) is 0 Å². The van der Waals surface area contributed by atoms with E-state index >= 15 is 0 Å². The van der Waals surface area contributed by atoms with Crippen LogP contribution in [0.1, 0.15) is 127 Å². The maximum absolute atomic E-state index is 3.82. The maximum Gasteiger partial charge on any atom is 0.0452 e. The molecule has 0 N–H and O–H groups in total. The molecule has 0 saturated heterocycles. The molecule has 0 radical (unpaired) electrons. The molecular formula is C26H45Br. The van der Waals surface area contributed by atoms with E-state index in [9.17, 15) is 0 Å². The van der Waals surface area contributed by atoms with Crippen molar-refractivity contribution >= 4 is 15.9 Å². The lowest BCUT2D eigenvalue weighted by atomic mass is 9.92. The zero-order chi connectivity index (χ0) is 20.0.